The Hall–Kier alpha value is -4.22. The molecule has 1 atom stereocenters. The van der Waals surface area contributed by atoms with E-state index in [2.05, 4.69) is 21.2 Å². The molecule has 4 aromatic carbocycles. The Morgan fingerprint density at radius 1 is 0.870 bits per heavy atom. The largest absolute Gasteiger partial charge is 0.494 e. The van der Waals surface area contributed by atoms with E-state index >= 15 is 0 Å². The van der Waals surface area contributed by atoms with Gasteiger partial charge in [-0.2, -0.15) is 0 Å². The third-order valence-corrected chi connectivity index (χ3v) is 9.40. The van der Waals surface area contributed by atoms with Gasteiger partial charge < -0.3 is 15.0 Å². The van der Waals surface area contributed by atoms with E-state index in [-0.39, 0.29) is 35.5 Å². The van der Waals surface area contributed by atoms with Crippen LogP contribution in [0.2, 0.25) is 0 Å². The molecule has 0 aliphatic rings. The number of carbonyl (C=O) groups excluding carboxylic acids is 2. The van der Waals surface area contributed by atoms with Crippen LogP contribution in [0.3, 0.4) is 0 Å². The summed E-state index contributed by atoms with van der Waals surface area (Å²) in [5, 5.41) is 2.94. The maximum atomic E-state index is 14.5. The quantitative estimate of drug-likeness (QED) is 0.165. The van der Waals surface area contributed by atoms with Gasteiger partial charge in [0.2, 0.25) is 11.8 Å². The van der Waals surface area contributed by atoms with E-state index in [1.807, 2.05) is 75.4 Å². The van der Waals surface area contributed by atoms with Gasteiger partial charge >= 0.3 is 0 Å². The number of halogens is 2. The van der Waals surface area contributed by atoms with Crippen molar-refractivity contribution in [1.82, 2.24) is 10.2 Å². The zero-order valence-corrected chi connectivity index (χ0v) is 28.3. The Morgan fingerprint density at radius 2 is 1.50 bits per heavy atom. The van der Waals surface area contributed by atoms with E-state index in [1.165, 1.54) is 4.90 Å². The van der Waals surface area contributed by atoms with Gasteiger partial charge in [-0.1, -0.05) is 58.4 Å². The van der Waals surface area contributed by atoms with E-state index in [9.17, 15) is 22.4 Å². The monoisotopic (exact) mass is 709 g/mol. The lowest BCUT2D eigenvalue weighted by Crippen LogP contribution is -2.54. The van der Waals surface area contributed by atoms with Gasteiger partial charge in [-0.3, -0.25) is 13.9 Å². The molecule has 0 aliphatic heterocycles. The van der Waals surface area contributed by atoms with Crippen molar-refractivity contribution in [3.8, 4) is 5.75 Å². The number of amides is 2. The molecular weight excluding hydrogens is 673 g/mol. The lowest BCUT2D eigenvalue weighted by Gasteiger charge is -2.34. The molecule has 0 saturated carbocycles. The fourth-order valence-corrected chi connectivity index (χ4v) is 6.54. The van der Waals surface area contributed by atoms with E-state index in [4.69, 9.17) is 4.74 Å². The molecule has 8 nitrogen and oxygen atoms in total. The topological polar surface area (TPSA) is 96.0 Å². The van der Waals surface area contributed by atoms with Gasteiger partial charge in [0.15, 0.2) is 0 Å². The molecule has 11 heteroatoms. The Bertz CT molecular complexity index is 1700. The van der Waals surface area contributed by atoms with Crippen molar-refractivity contribution >= 4 is 43.5 Å². The van der Waals surface area contributed by atoms with Crippen molar-refractivity contribution in [2.45, 2.75) is 50.7 Å². The highest BCUT2D eigenvalue weighted by Crippen LogP contribution is 2.27. The summed E-state index contributed by atoms with van der Waals surface area (Å²) in [4.78, 5) is 29.5. The van der Waals surface area contributed by atoms with Crippen molar-refractivity contribution in [3.05, 3.63) is 125 Å². The third kappa shape index (κ3) is 9.17. The molecule has 0 aliphatic carbocycles. The fraction of sp³-hybridized carbons (Fsp3) is 0.257. The second kappa shape index (κ2) is 15.9. The standard InChI is InChI=1S/C35H37BrFN3O5S/c1-4-45-31-18-16-30(17-19-31)40(46(43,44)32-20-14-29(37)15-21-32)24-34(41)39(23-27-10-12-28(36)13-11-27)33(35(42)38-25(2)3)22-26-8-6-5-7-9-26/h5-21,25,33H,4,22-24H2,1-3H3,(H,38,42)/t33-/m0/s1. The fourth-order valence-electron chi connectivity index (χ4n) is 4.86. The Labute approximate surface area is 278 Å². The highest BCUT2D eigenvalue weighted by molar-refractivity contribution is 9.10. The summed E-state index contributed by atoms with van der Waals surface area (Å²) in [6.07, 6.45) is 0.204. The predicted octanol–water partition coefficient (Wildman–Crippen LogP) is 6.35. The number of nitrogens with zero attached hydrogens (tertiary/aromatic N) is 2. The van der Waals surface area contributed by atoms with Gasteiger partial charge in [0, 0.05) is 23.5 Å². The number of rotatable bonds is 14. The second-order valence-corrected chi connectivity index (χ2v) is 13.7. The molecule has 0 radical (unpaired) electrons. The number of anilines is 1. The first-order chi connectivity index (χ1) is 22.0. The van der Waals surface area contributed by atoms with Crippen LogP contribution >= 0.6 is 15.9 Å². The van der Waals surface area contributed by atoms with Gasteiger partial charge in [-0.15, -0.1) is 0 Å². The average molecular weight is 711 g/mol. The molecule has 1 N–H and O–H groups in total. The Kier molecular flexibility index (Phi) is 11.9. The molecule has 2 amide bonds. The van der Waals surface area contributed by atoms with E-state index in [1.54, 1.807) is 24.3 Å². The lowest BCUT2D eigenvalue weighted by atomic mass is 10.0. The summed E-state index contributed by atoms with van der Waals surface area (Å²) < 4.78 is 49.3. The summed E-state index contributed by atoms with van der Waals surface area (Å²) in [5.74, 6) is -1.02. The number of carbonyl (C=O) groups is 2. The van der Waals surface area contributed by atoms with Crippen molar-refractivity contribution < 1.29 is 27.1 Å². The summed E-state index contributed by atoms with van der Waals surface area (Å²) in [5.41, 5.74) is 1.79. The van der Waals surface area contributed by atoms with Crippen molar-refractivity contribution in [1.29, 1.82) is 0 Å². The molecule has 0 spiro atoms. The van der Waals surface area contributed by atoms with E-state index in [0.717, 1.165) is 44.2 Å². The molecular formula is C35H37BrFN3O5S. The Morgan fingerprint density at radius 3 is 2.09 bits per heavy atom. The first-order valence-electron chi connectivity index (χ1n) is 14.9. The molecule has 242 valence electrons. The number of ether oxygens (including phenoxy) is 1. The minimum absolute atomic E-state index is 0.0445. The van der Waals surface area contributed by atoms with Gasteiger partial charge in [0.1, 0.15) is 24.2 Å². The van der Waals surface area contributed by atoms with Crippen LogP contribution in [0.1, 0.15) is 31.9 Å². The van der Waals surface area contributed by atoms with Gasteiger partial charge in [-0.25, -0.2) is 12.8 Å². The Balaban J connectivity index is 1.80. The SMILES string of the molecule is CCOc1ccc(N(CC(=O)N(Cc2ccc(Br)cc2)[C@@H](Cc2ccccc2)C(=O)NC(C)C)S(=O)(=O)c2ccc(F)cc2)cc1. The number of sulfonamides is 1. The first kappa shape index (κ1) is 34.6. The average Bonchev–Trinajstić information content (AvgIpc) is 3.03. The van der Waals surface area contributed by atoms with Crippen molar-refractivity contribution in [3.63, 3.8) is 0 Å². The van der Waals surface area contributed by atoms with Crippen LogP contribution < -0.4 is 14.4 Å². The summed E-state index contributed by atoms with van der Waals surface area (Å²) >= 11 is 3.44. The maximum absolute atomic E-state index is 14.5. The van der Waals surface area contributed by atoms with Crippen LogP contribution in [0.4, 0.5) is 10.1 Å². The summed E-state index contributed by atoms with van der Waals surface area (Å²) in [6.45, 7) is 5.34. The van der Waals surface area contributed by atoms with Crippen molar-refractivity contribution in [2.24, 2.45) is 0 Å². The smallest absolute Gasteiger partial charge is 0.264 e. The minimum atomic E-state index is -4.36. The number of hydrogen-bond donors (Lipinski definition) is 1. The lowest BCUT2D eigenvalue weighted by molar-refractivity contribution is -0.140. The van der Waals surface area contributed by atoms with Crippen LogP contribution in [-0.2, 0) is 32.6 Å². The molecule has 4 rings (SSSR count). The summed E-state index contributed by atoms with van der Waals surface area (Å²) in [6, 6.07) is 26.3. The van der Waals surface area contributed by atoms with Crippen LogP contribution in [0.25, 0.3) is 0 Å². The number of benzene rings is 4. The minimum Gasteiger partial charge on any atom is -0.494 e. The molecule has 0 fully saturated rings. The molecule has 4 aromatic rings. The zero-order chi connectivity index (χ0) is 33.3. The maximum Gasteiger partial charge on any atom is 0.264 e. The third-order valence-electron chi connectivity index (χ3n) is 7.08. The van der Waals surface area contributed by atoms with Crippen LogP contribution in [0.5, 0.6) is 5.75 Å². The highest BCUT2D eigenvalue weighted by Gasteiger charge is 2.35. The summed E-state index contributed by atoms with van der Waals surface area (Å²) in [7, 11) is -4.36. The van der Waals surface area contributed by atoms with Crippen LogP contribution in [0.15, 0.2) is 112 Å². The molecule has 0 aromatic heterocycles. The zero-order valence-electron chi connectivity index (χ0n) is 25.9. The van der Waals surface area contributed by atoms with Gasteiger partial charge in [0.25, 0.3) is 10.0 Å². The van der Waals surface area contributed by atoms with Crippen LogP contribution in [0, 0.1) is 5.82 Å². The van der Waals surface area contributed by atoms with E-state index < -0.39 is 34.3 Å². The molecule has 0 heterocycles. The van der Waals surface area contributed by atoms with E-state index in [0.29, 0.717) is 12.4 Å². The van der Waals surface area contributed by atoms with Crippen molar-refractivity contribution in [2.75, 3.05) is 17.5 Å². The first-order valence-corrected chi connectivity index (χ1v) is 17.1. The molecule has 0 saturated heterocycles. The normalized spacial score (nSPS) is 12.0. The highest BCUT2D eigenvalue weighted by atomic mass is 79.9. The van der Waals surface area contributed by atoms with Gasteiger partial charge in [0.05, 0.1) is 17.2 Å². The molecule has 0 unspecified atom stereocenters. The van der Waals surface area contributed by atoms with Gasteiger partial charge in [-0.05, 0) is 92.6 Å². The second-order valence-electron chi connectivity index (χ2n) is 10.9. The van der Waals surface area contributed by atoms with Crippen LogP contribution in [-0.4, -0.2) is 50.4 Å². The number of nitrogens with one attached hydrogen (secondary N) is 1. The molecule has 0 bridgehead atoms. The molecule has 46 heavy (non-hydrogen) atoms. The predicted molar refractivity (Wildman–Crippen MR) is 180 cm³/mol. The number of hydrogen-bond acceptors (Lipinski definition) is 5.